The third-order valence-corrected chi connectivity index (χ3v) is 5.02. The Morgan fingerprint density at radius 3 is 2.44 bits per heavy atom. The summed E-state index contributed by atoms with van der Waals surface area (Å²) >= 11 is -0.340. The molecular formula is C10H12F3NO2S2. The molecular weight excluding hydrogens is 287 g/mol. The summed E-state index contributed by atoms with van der Waals surface area (Å²) in [4.78, 5) is 0.0273. The van der Waals surface area contributed by atoms with E-state index in [9.17, 15) is 21.6 Å². The second-order valence-electron chi connectivity index (χ2n) is 3.64. The van der Waals surface area contributed by atoms with Gasteiger partial charge in [-0.05, 0) is 42.4 Å². The third-order valence-electron chi connectivity index (χ3n) is 2.15. The Bertz CT molecular complexity index is 526. The van der Waals surface area contributed by atoms with Gasteiger partial charge in [-0.15, -0.1) is 0 Å². The van der Waals surface area contributed by atoms with Gasteiger partial charge in [-0.25, -0.2) is 8.42 Å². The van der Waals surface area contributed by atoms with Crippen LogP contribution in [0.2, 0.25) is 0 Å². The minimum absolute atomic E-state index is 0.0273. The molecule has 102 valence electrons. The van der Waals surface area contributed by atoms with Crippen molar-refractivity contribution in [3.63, 3.8) is 0 Å². The Hall–Kier alpha value is -0.890. The molecule has 1 aromatic carbocycles. The molecule has 0 bridgehead atoms. The molecule has 18 heavy (non-hydrogen) atoms. The van der Waals surface area contributed by atoms with E-state index in [1.807, 2.05) is 0 Å². The average Bonchev–Trinajstić information content (AvgIpc) is 2.13. The highest BCUT2D eigenvalue weighted by Crippen LogP contribution is 2.30. The van der Waals surface area contributed by atoms with Gasteiger partial charge < -0.3 is 5.73 Å². The summed E-state index contributed by atoms with van der Waals surface area (Å²) < 4.78 is 59.4. The SMILES string of the molecule is Cc1cc(N)ccc1S(=O)(=O)CCSC(F)(F)F. The third kappa shape index (κ3) is 4.41. The van der Waals surface area contributed by atoms with Crippen molar-refractivity contribution in [2.45, 2.75) is 17.3 Å². The lowest BCUT2D eigenvalue weighted by Crippen LogP contribution is -2.13. The zero-order chi connectivity index (χ0) is 14.0. The zero-order valence-corrected chi connectivity index (χ0v) is 11.1. The molecule has 1 rings (SSSR count). The van der Waals surface area contributed by atoms with Crippen molar-refractivity contribution in [3.05, 3.63) is 23.8 Å². The number of nitrogen functional groups attached to an aromatic ring is 1. The monoisotopic (exact) mass is 299 g/mol. The van der Waals surface area contributed by atoms with Crippen molar-refractivity contribution < 1.29 is 21.6 Å². The number of rotatable bonds is 4. The lowest BCUT2D eigenvalue weighted by molar-refractivity contribution is -0.0326. The van der Waals surface area contributed by atoms with Crippen LogP contribution in [0.25, 0.3) is 0 Å². The molecule has 0 unspecified atom stereocenters. The van der Waals surface area contributed by atoms with Gasteiger partial charge in [0.1, 0.15) is 0 Å². The van der Waals surface area contributed by atoms with E-state index >= 15 is 0 Å². The van der Waals surface area contributed by atoms with E-state index in [2.05, 4.69) is 0 Å². The number of hydrogen-bond acceptors (Lipinski definition) is 4. The van der Waals surface area contributed by atoms with Gasteiger partial charge in [0.05, 0.1) is 10.6 Å². The van der Waals surface area contributed by atoms with Crippen LogP contribution in [0.3, 0.4) is 0 Å². The van der Waals surface area contributed by atoms with Crippen molar-refractivity contribution in [1.29, 1.82) is 0 Å². The van der Waals surface area contributed by atoms with E-state index in [0.717, 1.165) is 0 Å². The fourth-order valence-corrected chi connectivity index (χ4v) is 3.89. The highest BCUT2D eigenvalue weighted by Gasteiger charge is 2.29. The average molecular weight is 299 g/mol. The van der Waals surface area contributed by atoms with Crippen molar-refractivity contribution in [1.82, 2.24) is 0 Å². The molecule has 0 aliphatic rings. The Balaban J connectivity index is 2.81. The number of hydrogen-bond donors (Lipinski definition) is 1. The summed E-state index contributed by atoms with van der Waals surface area (Å²) in [6, 6.07) is 4.21. The van der Waals surface area contributed by atoms with Crippen LogP contribution in [0.1, 0.15) is 5.56 Å². The molecule has 8 heteroatoms. The fraction of sp³-hybridized carbons (Fsp3) is 0.400. The van der Waals surface area contributed by atoms with Crippen LogP contribution in [0.4, 0.5) is 18.9 Å². The molecule has 0 amide bonds. The normalized spacial score (nSPS) is 12.7. The molecule has 2 N–H and O–H groups in total. The first-order valence-electron chi connectivity index (χ1n) is 4.91. The summed E-state index contributed by atoms with van der Waals surface area (Å²) in [6.45, 7) is 1.56. The highest BCUT2D eigenvalue weighted by atomic mass is 32.2. The van der Waals surface area contributed by atoms with Gasteiger partial charge in [0.15, 0.2) is 9.84 Å². The predicted octanol–water partition coefficient (Wildman–Crippen LogP) is 2.60. The van der Waals surface area contributed by atoms with Crippen molar-refractivity contribution in [2.75, 3.05) is 17.2 Å². The smallest absolute Gasteiger partial charge is 0.399 e. The Kier molecular flexibility index (Phi) is 4.55. The minimum Gasteiger partial charge on any atom is -0.399 e. The lowest BCUT2D eigenvalue weighted by Gasteiger charge is -2.09. The number of benzene rings is 1. The lowest BCUT2D eigenvalue weighted by atomic mass is 10.2. The van der Waals surface area contributed by atoms with Gasteiger partial charge in [-0.3, -0.25) is 0 Å². The van der Waals surface area contributed by atoms with E-state index in [1.54, 1.807) is 6.92 Å². The quantitative estimate of drug-likeness (QED) is 0.868. The first-order chi connectivity index (χ1) is 8.12. The molecule has 0 aromatic heterocycles. The van der Waals surface area contributed by atoms with Crippen LogP contribution in [0.15, 0.2) is 23.1 Å². The number of aryl methyl sites for hydroxylation is 1. The molecule has 0 aliphatic carbocycles. The van der Waals surface area contributed by atoms with Crippen LogP contribution in [-0.2, 0) is 9.84 Å². The number of sulfone groups is 1. The molecule has 0 fully saturated rings. The largest absolute Gasteiger partial charge is 0.441 e. The van der Waals surface area contributed by atoms with Gasteiger partial charge in [0.25, 0.3) is 0 Å². The van der Waals surface area contributed by atoms with E-state index in [-0.39, 0.29) is 16.7 Å². The maximum atomic E-state index is 11.9. The van der Waals surface area contributed by atoms with Crippen LogP contribution >= 0.6 is 11.8 Å². The topological polar surface area (TPSA) is 60.2 Å². The van der Waals surface area contributed by atoms with E-state index in [1.165, 1.54) is 18.2 Å². The number of anilines is 1. The first kappa shape index (κ1) is 15.2. The predicted molar refractivity (Wildman–Crippen MR) is 66.2 cm³/mol. The van der Waals surface area contributed by atoms with E-state index in [0.29, 0.717) is 11.3 Å². The van der Waals surface area contributed by atoms with Gasteiger partial charge in [0.2, 0.25) is 0 Å². The first-order valence-corrected chi connectivity index (χ1v) is 7.55. The van der Waals surface area contributed by atoms with Crippen molar-refractivity contribution in [3.8, 4) is 0 Å². The van der Waals surface area contributed by atoms with Crippen LogP contribution in [0, 0.1) is 6.92 Å². The Morgan fingerprint density at radius 2 is 1.94 bits per heavy atom. The second kappa shape index (κ2) is 5.40. The Labute approximate surface area is 107 Å². The minimum atomic E-state index is -4.41. The molecule has 0 spiro atoms. The van der Waals surface area contributed by atoms with Gasteiger partial charge >= 0.3 is 5.51 Å². The maximum absolute atomic E-state index is 11.9. The standard InChI is InChI=1S/C10H12F3NO2S2/c1-7-6-8(14)2-3-9(7)18(15,16)5-4-17-10(11,12)13/h2-3,6H,4-5,14H2,1H3. The van der Waals surface area contributed by atoms with Gasteiger partial charge in [-0.1, -0.05) is 0 Å². The van der Waals surface area contributed by atoms with Gasteiger partial charge in [-0.2, -0.15) is 13.2 Å². The van der Waals surface area contributed by atoms with Gasteiger partial charge in [0, 0.05) is 11.4 Å². The molecule has 3 nitrogen and oxygen atoms in total. The fourth-order valence-electron chi connectivity index (χ4n) is 1.40. The van der Waals surface area contributed by atoms with E-state index < -0.39 is 26.9 Å². The van der Waals surface area contributed by atoms with Crippen molar-refractivity contribution in [2.24, 2.45) is 0 Å². The maximum Gasteiger partial charge on any atom is 0.441 e. The molecule has 1 aromatic rings. The summed E-state index contributed by atoms with van der Waals surface area (Å²) in [7, 11) is -3.71. The summed E-state index contributed by atoms with van der Waals surface area (Å²) in [6.07, 6.45) is 0. The number of alkyl halides is 3. The second-order valence-corrected chi connectivity index (χ2v) is 6.88. The summed E-state index contributed by atoms with van der Waals surface area (Å²) in [5.74, 6) is -1.07. The molecule has 0 radical (unpaired) electrons. The number of halogens is 3. The van der Waals surface area contributed by atoms with Crippen LogP contribution in [0.5, 0.6) is 0 Å². The van der Waals surface area contributed by atoms with Crippen molar-refractivity contribution >= 4 is 27.3 Å². The molecule has 0 heterocycles. The van der Waals surface area contributed by atoms with E-state index in [4.69, 9.17) is 5.73 Å². The number of thioether (sulfide) groups is 1. The molecule has 0 atom stereocenters. The molecule has 0 saturated heterocycles. The summed E-state index contributed by atoms with van der Waals surface area (Å²) in [5.41, 5.74) is 1.92. The highest BCUT2D eigenvalue weighted by molar-refractivity contribution is 8.01. The summed E-state index contributed by atoms with van der Waals surface area (Å²) in [5, 5.41) is 0. The zero-order valence-electron chi connectivity index (χ0n) is 9.49. The number of nitrogens with two attached hydrogens (primary N) is 1. The van der Waals surface area contributed by atoms with Crippen LogP contribution < -0.4 is 5.73 Å². The van der Waals surface area contributed by atoms with Crippen LogP contribution in [-0.4, -0.2) is 25.4 Å². The molecule has 0 saturated carbocycles. The Morgan fingerprint density at radius 1 is 1.33 bits per heavy atom. The molecule has 0 aliphatic heterocycles.